The van der Waals surface area contributed by atoms with E-state index in [9.17, 15) is 14.9 Å². The van der Waals surface area contributed by atoms with Crippen molar-refractivity contribution >= 4 is 24.0 Å². The summed E-state index contributed by atoms with van der Waals surface area (Å²) in [5, 5.41) is 10.2. The second kappa shape index (κ2) is 5.18. The van der Waals surface area contributed by atoms with Gasteiger partial charge in [-0.25, -0.2) is 0 Å². The minimum absolute atomic E-state index is 0. The van der Waals surface area contributed by atoms with Crippen LogP contribution in [0.2, 0.25) is 0 Å². The van der Waals surface area contributed by atoms with Crippen molar-refractivity contribution in [2.45, 2.75) is 6.42 Å². The summed E-state index contributed by atoms with van der Waals surface area (Å²) in [5.74, 6) is -0.450. The second-order valence-electron chi connectivity index (χ2n) is 2.57. The molecule has 0 saturated carbocycles. The average molecular weight is 217 g/mol. The molecule has 0 fully saturated rings. The number of nitro benzene ring substituents is 1. The minimum Gasteiger partial charge on any atom is -0.369 e. The van der Waals surface area contributed by atoms with Crippen molar-refractivity contribution in [1.82, 2.24) is 0 Å². The molecule has 0 heterocycles. The van der Waals surface area contributed by atoms with Crippen molar-refractivity contribution in [3.63, 3.8) is 0 Å². The van der Waals surface area contributed by atoms with Crippen LogP contribution < -0.4 is 5.73 Å². The molecule has 1 rings (SSSR count). The first kappa shape index (κ1) is 12.4. The lowest BCUT2D eigenvalue weighted by atomic mass is 10.1. The number of nitro groups is 1. The highest BCUT2D eigenvalue weighted by Gasteiger charge is 2.04. The van der Waals surface area contributed by atoms with Gasteiger partial charge in [0, 0.05) is 12.1 Å². The molecule has 5 nitrogen and oxygen atoms in total. The van der Waals surface area contributed by atoms with Crippen molar-refractivity contribution in [2.24, 2.45) is 5.73 Å². The van der Waals surface area contributed by atoms with Gasteiger partial charge < -0.3 is 5.73 Å². The Kier molecular flexibility index (Phi) is 4.58. The fraction of sp³-hybridized carbons (Fsp3) is 0.125. The molecular formula is C8H9ClN2O3. The van der Waals surface area contributed by atoms with Gasteiger partial charge in [-0.2, -0.15) is 0 Å². The van der Waals surface area contributed by atoms with Crippen LogP contribution in [0, 0.1) is 10.1 Å². The summed E-state index contributed by atoms with van der Waals surface area (Å²) in [6, 6.07) is 5.72. The van der Waals surface area contributed by atoms with E-state index in [2.05, 4.69) is 0 Å². The van der Waals surface area contributed by atoms with E-state index in [1.807, 2.05) is 0 Å². The van der Waals surface area contributed by atoms with Gasteiger partial charge in [0.25, 0.3) is 5.69 Å². The standard InChI is InChI=1S/C8H8N2O3.ClH/c9-8(11)5-6-1-3-7(4-2-6)10(12)13;/h1-4H,5H2,(H2,9,11);1H. The van der Waals surface area contributed by atoms with Crippen LogP contribution in [0.4, 0.5) is 5.69 Å². The lowest BCUT2D eigenvalue weighted by molar-refractivity contribution is -0.384. The van der Waals surface area contributed by atoms with Crippen LogP contribution in [-0.4, -0.2) is 10.8 Å². The van der Waals surface area contributed by atoms with Gasteiger partial charge in [-0.05, 0) is 5.56 Å². The number of primary amides is 1. The maximum Gasteiger partial charge on any atom is 0.269 e. The highest BCUT2D eigenvalue weighted by Crippen LogP contribution is 2.11. The van der Waals surface area contributed by atoms with E-state index in [0.29, 0.717) is 5.56 Å². The van der Waals surface area contributed by atoms with Crippen LogP contribution in [0.15, 0.2) is 24.3 Å². The SMILES string of the molecule is Cl.NC(=O)Cc1ccc([N+](=O)[O-])cc1. The molecule has 1 amide bonds. The zero-order valence-electron chi connectivity index (χ0n) is 7.17. The van der Waals surface area contributed by atoms with Gasteiger partial charge in [0.1, 0.15) is 0 Å². The largest absolute Gasteiger partial charge is 0.369 e. The number of rotatable bonds is 3. The van der Waals surface area contributed by atoms with Crippen LogP contribution in [0.5, 0.6) is 0 Å². The highest BCUT2D eigenvalue weighted by molar-refractivity contribution is 5.85. The Hall–Kier alpha value is -1.62. The molecule has 0 unspecified atom stereocenters. The predicted molar refractivity (Wildman–Crippen MR) is 53.2 cm³/mol. The third-order valence-electron chi connectivity index (χ3n) is 1.53. The third kappa shape index (κ3) is 3.40. The van der Waals surface area contributed by atoms with Crippen LogP contribution in [0.25, 0.3) is 0 Å². The Labute approximate surface area is 86.5 Å². The summed E-state index contributed by atoms with van der Waals surface area (Å²) in [6.07, 6.45) is 0.109. The fourth-order valence-corrected chi connectivity index (χ4v) is 0.937. The number of nitrogens with zero attached hydrogens (tertiary/aromatic N) is 1. The molecule has 76 valence electrons. The topological polar surface area (TPSA) is 86.2 Å². The number of amides is 1. The van der Waals surface area contributed by atoms with Crippen LogP contribution in [0.1, 0.15) is 5.56 Å². The summed E-state index contributed by atoms with van der Waals surface area (Å²) in [7, 11) is 0. The maximum absolute atomic E-state index is 10.5. The van der Waals surface area contributed by atoms with Crippen molar-refractivity contribution in [3.05, 3.63) is 39.9 Å². The van der Waals surface area contributed by atoms with Gasteiger partial charge in [-0.15, -0.1) is 12.4 Å². The lowest BCUT2D eigenvalue weighted by Gasteiger charge is -1.95. The normalized spacial score (nSPS) is 8.86. The second-order valence-corrected chi connectivity index (χ2v) is 2.57. The number of nitrogens with two attached hydrogens (primary N) is 1. The molecule has 0 bridgehead atoms. The van der Waals surface area contributed by atoms with Crippen molar-refractivity contribution in [2.75, 3.05) is 0 Å². The monoisotopic (exact) mass is 216 g/mol. The molecule has 14 heavy (non-hydrogen) atoms. The van der Waals surface area contributed by atoms with E-state index in [1.54, 1.807) is 0 Å². The average Bonchev–Trinajstić information content (AvgIpc) is 2.04. The quantitative estimate of drug-likeness (QED) is 0.605. The Balaban J connectivity index is 0.00000169. The first-order valence-corrected chi connectivity index (χ1v) is 3.61. The molecule has 2 N–H and O–H groups in total. The smallest absolute Gasteiger partial charge is 0.269 e. The molecule has 0 saturated heterocycles. The number of carbonyl (C=O) groups is 1. The van der Waals surface area contributed by atoms with Crippen molar-refractivity contribution in [3.8, 4) is 0 Å². The number of benzene rings is 1. The van der Waals surface area contributed by atoms with E-state index in [-0.39, 0.29) is 24.5 Å². The van der Waals surface area contributed by atoms with Gasteiger partial charge in [-0.3, -0.25) is 14.9 Å². The maximum atomic E-state index is 10.5. The minimum atomic E-state index is -0.492. The lowest BCUT2D eigenvalue weighted by Crippen LogP contribution is -2.13. The van der Waals surface area contributed by atoms with E-state index < -0.39 is 10.8 Å². The molecule has 0 atom stereocenters. The molecular weight excluding hydrogens is 208 g/mol. The molecule has 0 aliphatic heterocycles. The number of hydrogen-bond donors (Lipinski definition) is 1. The Bertz CT molecular complexity index is 337. The van der Waals surface area contributed by atoms with E-state index in [1.165, 1.54) is 24.3 Å². The van der Waals surface area contributed by atoms with Gasteiger partial charge in [0.2, 0.25) is 5.91 Å². The Morgan fingerprint density at radius 1 is 1.36 bits per heavy atom. The van der Waals surface area contributed by atoms with Gasteiger partial charge in [0.15, 0.2) is 0 Å². The van der Waals surface area contributed by atoms with E-state index in [0.717, 1.165) is 0 Å². The molecule has 0 aliphatic rings. The fourth-order valence-electron chi connectivity index (χ4n) is 0.937. The number of non-ortho nitro benzene ring substituents is 1. The summed E-state index contributed by atoms with van der Waals surface area (Å²) in [5.41, 5.74) is 5.64. The zero-order chi connectivity index (χ0) is 9.84. The van der Waals surface area contributed by atoms with Crippen molar-refractivity contribution < 1.29 is 9.72 Å². The predicted octanol–water partition coefficient (Wildman–Crippen LogP) is 1.04. The molecule has 6 heteroatoms. The molecule has 0 radical (unpaired) electrons. The van der Waals surface area contributed by atoms with Crippen LogP contribution in [0.3, 0.4) is 0 Å². The summed E-state index contributed by atoms with van der Waals surface area (Å²) >= 11 is 0. The molecule has 1 aromatic carbocycles. The van der Waals surface area contributed by atoms with Crippen LogP contribution in [-0.2, 0) is 11.2 Å². The summed E-state index contributed by atoms with van der Waals surface area (Å²) in [6.45, 7) is 0. The number of carbonyl (C=O) groups excluding carboxylic acids is 1. The van der Waals surface area contributed by atoms with E-state index in [4.69, 9.17) is 5.73 Å². The van der Waals surface area contributed by atoms with Crippen LogP contribution >= 0.6 is 12.4 Å². The van der Waals surface area contributed by atoms with Gasteiger partial charge in [-0.1, -0.05) is 12.1 Å². The first-order valence-electron chi connectivity index (χ1n) is 3.61. The molecule has 0 spiro atoms. The Morgan fingerprint density at radius 2 is 1.86 bits per heavy atom. The molecule has 1 aromatic rings. The third-order valence-corrected chi connectivity index (χ3v) is 1.53. The first-order chi connectivity index (χ1) is 6.09. The summed E-state index contributed by atoms with van der Waals surface area (Å²) < 4.78 is 0. The molecule has 0 aromatic heterocycles. The summed E-state index contributed by atoms with van der Waals surface area (Å²) in [4.78, 5) is 20.2. The number of hydrogen-bond acceptors (Lipinski definition) is 3. The molecule has 0 aliphatic carbocycles. The van der Waals surface area contributed by atoms with Gasteiger partial charge in [0.05, 0.1) is 11.3 Å². The Morgan fingerprint density at radius 3 is 2.21 bits per heavy atom. The number of halogens is 1. The van der Waals surface area contributed by atoms with Crippen molar-refractivity contribution in [1.29, 1.82) is 0 Å². The van der Waals surface area contributed by atoms with E-state index >= 15 is 0 Å². The van der Waals surface area contributed by atoms with Gasteiger partial charge >= 0.3 is 0 Å². The zero-order valence-corrected chi connectivity index (χ0v) is 7.99. The highest BCUT2D eigenvalue weighted by atomic mass is 35.5.